The van der Waals surface area contributed by atoms with E-state index >= 15 is 0 Å². The molecule has 4 nitrogen and oxygen atoms in total. The van der Waals surface area contributed by atoms with E-state index in [4.69, 9.17) is 5.73 Å². The fourth-order valence-electron chi connectivity index (χ4n) is 2.06. The van der Waals surface area contributed by atoms with Crippen molar-refractivity contribution in [3.05, 3.63) is 46.9 Å². The second-order valence-corrected chi connectivity index (χ2v) is 6.01. The quantitative estimate of drug-likeness (QED) is 0.801. The molecule has 20 heavy (non-hydrogen) atoms. The van der Waals surface area contributed by atoms with E-state index in [9.17, 15) is 0 Å². The molecule has 0 amide bonds. The van der Waals surface area contributed by atoms with Gasteiger partial charge in [0.15, 0.2) is 0 Å². The summed E-state index contributed by atoms with van der Waals surface area (Å²) in [6, 6.07) is 6.05. The third kappa shape index (κ3) is 2.52. The van der Waals surface area contributed by atoms with Gasteiger partial charge in [0, 0.05) is 31.5 Å². The molecule has 3 heterocycles. The predicted molar refractivity (Wildman–Crippen MR) is 86.2 cm³/mol. The summed E-state index contributed by atoms with van der Waals surface area (Å²) < 4.78 is 4.30. The number of pyridine rings is 1. The summed E-state index contributed by atoms with van der Waals surface area (Å²) >= 11 is 3.14. The minimum atomic E-state index is 0.565. The van der Waals surface area contributed by atoms with E-state index in [2.05, 4.69) is 38.1 Å². The molecule has 0 spiro atoms. The van der Waals surface area contributed by atoms with Gasteiger partial charge in [-0.25, -0.2) is 0 Å². The zero-order valence-electron chi connectivity index (χ0n) is 11.0. The Labute approximate surface area is 125 Å². The highest BCUT2D eigenvalue weighted by Crippen LogP contribution is 2.38. The van der Waals surface area contributed by atoms with Crippen LogP contribution in [0.3, 0.4) is 0 Å². The maximum Gasteiger partial charge on any atom is 0.147 e. The molecule has 0 saturated heterocycles. The molecule has 0 aliphatic heterocycles. The van der Waals surface area contributed by atoms with Crippen LogP contribution in [0.25, 0.3) is 11.1 Å². The van der Waals surface area contributed by atoms with Crippen molar-refractivity contribution < 1.29 is 0 Å². The highest BCUT2D eigenvalue weighted by molar-refractivity contribution is 7.11. The Morgan fingerprint density at radius 1 is 1.35 bits per heavy atom. The maximum atomic E-state index is 6.03. The first kappa shape index (κ1) is 13.1. The van der Waals surface area contributed by atoms with Crippen molar-refractivity contribution in [2.45, 2.75) is 6.54 Å². The fraction of sp³-hybridized carbons (Fsp3) is 0.143. The lowest BCUT2D eigenvalue weighted by Gasteiger charge is -2.18. The number of aromatic nitrogens is 2. The van der Waals surface area contributed by atoms with Gasteiger partial charge in [0.05, 0.1) is 5.56 Å². The van der Waals surface area contributed by atoms with E-state index in [-0.39, 0.29) is 0 Å². The van der Waals surface area contributed by atoms with E-state index in [0.29, 0.717) is 5.82 Å². The molecule has 3 aromatic heterocycles. The lowest BCUT2D eigenvalue weighted by molar-refractivity contribution is 0.941. The van der Waals surface area contributed by atoms with Gasteiger partial charge in [0.25, 0.3) is 0 Å². The standard InChI is InChI=1S/C14H14N4S2/c1-18(8-10-4-6-19-9-10)14-12(13(15)17-20-14)11-3-2-5-16-7-11/h2-7,9H,8H2,1H3,(H2,15,17). The van der Waals surface area contributed by atoms with Gasteiger partial charge in [0.2, 0.25) is 0 Å². The number of thiophene rings is 1. The molecule has 0 aliphatic rings. The molecular formula is C14H14N4S2. The van der Waals surface area contributed by atoms with Gasteiger partial charge in [0.1, 0.15) is 10.8 Å². The van der Waals surface area contributed by atoms with Crippen LogP contribution < -0.4 is 10.6 Å². The molecule has 102 valence electrons. The smallest absolute Gasteiger partial charge is 0.147 e. The van der Waals surface area contributed by atoms with Crippen LogP contribution in [0.15, 0.2) is 41.4 Å². The minimum absolute atomic E-state index is 0.565. The van der Waals surface area contributed by atoms with Crippen LogP contribution in [-0.4, -0.2) is 16.4 Å². The van der Waals surface area contributed by atoms with Crippen molar-refractivity contribution in [1.82, 2.24) is 9.36 Å². The van der Waals surface area contributed by atoms with E-state index in [1.165, 1.54) is 17.1 Å². The van der Waals surface area contributed by atoms with E-state index in [1.54, 1.807) is 17.5 Å². The Hall–Kier alpha value is -1.92. The zero-order valence-corrected chi connectivity index (χ0v) is 12.6. The summed E-state index contributed by atoms with van der Waals surface area (Å²) in [5, 5.41) is 5.32. The molecule has 0 fully saturated rings. The van der Waals surface area contributed by atoms with Crippen molar-refractivity contribution in [3.8, 4) is 11.1 Å². The molecule has 2 N–H and O–H groups in total. The average Bonchev–Trinajstić information content (AvgIpc) is 3.09. The summed E-state index contributed by atoms with van der Waals surface area (Å²) in [5.41, 5.74) is 9.30. The second-order valence-electron chi connectivity index (χ2n) is 4.48. The second kappa shape index (κ2) is 5.60. The summed E-state index contributed by atoms with van der Waals surface area (Å²) in [6.45, 7) is 0.846. The highest BCUT2D eigenvalue weighted by atomic mass is 32.1. The van der Waals surface area contributed by atoms with E-state index < -0.39 is 0 Å². The molecular weight excluding hydrogens is 288 g/mol. The molecule has 0 radical (unpaired) electrons. The van der Waals surface area contributed by atoms with Crippen LogP contribution in [-0.2, 0) is 6.54 Å². The molecule has 0 bridgehead atoms. The van der Waals surface area contributed by atoms with Crippen LogP contribution in [0.2, 0.25) is 0 Å². The van der Waals surface area contributed by atoms with Crippen molar-refractivity contribution >= 4 is 33.7 Å². The topological polar surface area (TPSA) is 55.0 Å². The lowest BCUT2D eigenvalue weighted by atomic mass is 10.1. The van der Waals surface area contributed by atoms with Gasteiger partial charge in [-0.1, -0.05) is 6.07 Å². The highest BCUT2D eigenvalue weighted by Gasteiger charge is 2.17. The molecule has 0 aliphatic carbocycles. The van der Waals surface area contributed by atoms with Gasteiger partial charge in [-0.3, -0.25) is 4.98 Å². The summed E-state index contributed by atoms with van der Waals surface area (Å²) in [6.07, 6.45) is 3.58. The molecule has 0 unspecified atom stereocenters. The SMILES string of the molecule is CN(Cc1ccsc1)c1snc(N)c1-c1cccnc1. The van der Waals surface area contributed by atoms with Gasteiger partial charge in [-0.15, -0.1) is 0 Å². The number of hydrogen-bond acceptors (Lipinski definition) is 6. The zero-order chi connectivity index (χ0) is 13.9. The largest absolute Gasteiger partial charge is 0.382 e. The van der Waals surface area contributed by atoms with Crippen LogP contribution in [0.4, 0.5) is 10.8 Å². The Morgan fingerprint density at radius 3 is 2.95 bits per heavy atom. The maximum absolute atomic E-state index is 6.03. The van der Waals surface area contributed by atoms with Crippen molar-refractivity contribution in [3.63, 3.8) is 0 Å². The third-order valence-corrected chi connectivity index (χ3v) is 4.71. The molecule has 0 aromatic carbocycles. The number of anilines is 2. The van der Waals surface area contributed by atoms with Gasteiger partial charge >= 0.3 is 0 Å². The normalized spacial score (nSPS) is 10.7. The average molecular weight is 302 g/mol. The monoisotopic (exact) mass is 302 g/mol. The van der Waals surface area contributed by atoms with Gasteiger partial charge in [-0.05, 0) is 40.0 Å². The Morgan fingerprint density at radius 2 is 2.25 bits per heavy atom. The number of nitrogen functional groups attached to an aromatic ring is 1. The Bertz CT molecular complexity index is 677. The predicted octanol–water partition coefficient (Wildman–Crippen LogP) is 3.49. The Kier molecular flexibility index (Phi) is 3.66. The first-order valence-electron chi connectivity index (χ1n) is 6.13. The minimum Gasteiger partial charge on any atom is -0.382 e. The van der Waals surface area contributed by atoms with Gasteiger partial charge in [-0.2, -0.15) is 15.7 Å². The lowest BCUT2D eigenvalue weighted by Crippen LogP contribution is -2.15. The molecule has 3 rings (SSSR count). The Balaban J connectivity index is 1.94. The number of rotatable bonds is 4. The first-order valence-corrected chi connectivity index (χ1v) is 7.85. The number of nitrogens with zero attached hydrogens (tertiary/aromatic N) is 3. The summed E-state index contributed by atoms with van der Waals surface area (Å²) in [4.78, 5) is 6.34. The van der Waals surface area contributed by atoms with Crippen molar-refractivity contribution in [2.24, 2.45) is 0 Å². The van der Waals surface area contributed by atoms with Crippen molar-refractivity contribution in [2.75, 3.05) is 17.7 Å². The van der Waals surface area contributed by atoms with Crippen LogP contribution >= 0.6 is 22.9 Å². The van der Waals surface area contributed by atoms with Crippen LogP contribution in [0, 0.1) is 0 Å². The molecule has 0 saturated carbocycles. The first-order chi connectivity index (χ1) is 9.75. The summed E-state index contributed by atoms with van der Waals surface area (Å²) in [5.74, 6) is 0.565. The molecule has 6 heteroatoms. The fourth-order valence-corrected chi connectivity index (χ4v) is 3.52. The van der Waals surface area contributed by atoms with Gasteiger partial charge < -0.3 is 10.6 Å². The van der Waals surface area contributed by atoms with Crippen molar-refractivity contribution in [1.29, 1.82) is 0 Å². The molecule has 3 aromatic rings. The third-order valence-electron chi connectivity index (χ3n) is 3.00. The number of nitrogens with two attached hydrogens (primary N) is 1. The van der Waals surface area contributed by atoms with Crippen LogP contribution in [0.5, 0.6) is 0 Å². The molecule has 0 atom stereocenters. The van der Waals surface area contributed by atoms with E-state index in [0.717, 1.165) is 22.7 Å². The van der Waals surface area contributed by atoms with Crippen LogP contribution in [0.1, 0.15) is 5.56 Å². The van der Waals surface area contributed by atoms with E-state index in [1.807, 2.05) is 18.3 Å². The summed E-state index contributed by atoms with van der Waals surface area (Å²) in [7, 11) is 2.06. The number of hydrogen-bond donors (Lipinski definition) is 1.